The Labute approximate surface area is 102 Å². The van der Waals surface area contributed by atoms with Crippen molar-refractivity contribution in [1.82, 2.24) is 4.90 Å². The number of amides is 1. The molecule has 2 fully saturated rings. The van der Waals surface area contributed by atoms with Crippen LogP contribution >= 0.6 is 0 Å². The first-order valence-electron chi connectivity index (χ1n) is 6.24. The predicted octanol–water partition coefficient (Wildman–Crippen LogP) is 2.67. The largest absolute Gasteiger partial charge is 0.465 e. The SMILES string of the molecule is CC(C)(C)N(C(=O)O)C12CCC(C=O)(CC1)C2. The molecule has 0 aromatic heterocycles. The van der Waals surface area contributed by atoms with Crippen molar-refractivity contribution in [3.8, 4) is 0 Å². The highest BCUT2D eigenvalue weighted by atomic mass is 16.4. The van der Waals surface area contributed by atoms with E-state index in [4.69, 9.17) is 0 Å². The molecule has 4 heteroatoms. The number of hydrogen-bond donors (Lipinski definition) is 1. The summed E-state index contributed by atoms with van der Waals surface area (Å²) in [6, 6.07) is 0. The van der Waals surface area contributed by atoms with Gasteiger partial charge in [-0.15, -0.1) is 0 Å². The number of fused-ring (bicyclic) bond motifs is 2. The minimum Gasteiger partial charge on any atom is -0.465 e. The lowest BCUT2D eigenvalue weighted by Crippen LogP contribution is -2.57. The van der Waals surface area contributed by atoms with Gasteiger partial charge in [-0.25, -0.2) is 4.79 Å². The zero-order valence-corrected chi connectivity index (χ0v) is 10.8. The quantitative estimate of drug-likeness (QED) is 0.754. The molecule has 1 amide bonds. The van der Waals surface area contributed by atoms with Gasteiger partial charge in [0.05, 0.1) is 0 Å². The van der Waals surface area contributed by atoms with Crippen LogP contribution in [0.2, 0.25) is 0 Å². The summed E-state index contributed by atoms with van der Waals surface area (Å²) in [6.07, 6.45) is 4.26. The highest BCUT2D eigenvalue weighted by molar-refractivity contribution is 5.69. The van der Waals surface area contributed by atoms with Crippen molar-refractivity contribution in [2.75, 3.05) is 0 Å². The maximum absolute atomic E-state index is 11.5. The summed E-state index contributed by atoms with van der Waals surface area (Å²) < 4.78 is 0. The van der Waals surface area contributed by atoms with E-state index in [0.29, 0.717) is 6.42 Å². The monoisotopic (exact) mass is 239 g/mol. The van der Waals surface area contributed by atoms with Crippen LogP contribution in [0, 0.1) is 5.41 Å². The van der Waals surface area contributed by atoms with E-state index in [1.807, 2.05) is 20.8 Å². The Hall–Kier alpha value is -1.06. The zero-order valence-electron chi connectivity index (χ0n) is 10.8. The van der Waals surface area contributed by atoms with E-state index in [-0.39, 0.29) is 11.0 Å². The fourth-order valence-electron chi connectivity index (χ4n) is 3.89. The fourth-order valence-corrected chi connectivity index (χ4v) is 3.89. The predicted molar refractivity (Wildman–Crippen MR) is 63.9 cm³/mol. The van der Waals surface area contributed by atoms with Crippen LogP contribution in [0.25, 0.3) is 0 Å². The van der Waals surface area contributed by atoms with Crippen LogP contribution in [0.3, 0.4) is 0 Å². The number of hydrogen-bond acceptors (Lipinski definition) is 2. The summed E-state index contributed by atoms with van der Waals surface area (Å²) in [5.74, 6) is 0. The molecule has 4 nitrogen and oxygen atoms in total. The Bertz CT molecular complexity index is 348. The average molecular weight is 239 g/mol. The van der Waals surface area contributed by atoms with Gasteiger partial charge in [-0.05, 0) is 52.9 Å². The topological polar surface area (TPSA) is 57.6 Å². The van der Waals surface area contributed by atoms with Gasteiger partial charge < -0.3 is 9.90 Å². The molecule has 2 bridgehead atoms. The Morgan fingerprint density at radius 1 is 1.24 bits per heavy atom. The second-order valence-electron chi connectivity index (χ2n) is 6.67. The van der Waals surface area contributed by atoms with Crippen molar-refractivity contribution in [3.05, 3.63) is 0 Å². The van der Waals surface area contributed by atoms with E-state index >= 15 is 0 Å². The second kappa shape index (κ2) is 3.47. The summed E-state index contributed by atoms with van der Waals surface area (Å²) in [5.41, 5.74) is -0.945. The van der Waals surface area contributed by atoms with E-state index in [1.54, 1.807) is 4.90 Å². The number of carbonyl (C=O) groups is 2. The first-order chi connectivity index (χ1) is 7.75. The van der Waals surface area contributed by atoms with Crippen molar-refractivity contribution in [1.29, 1.82) is 0 Å². The van der Waals surface area contributed by atoms with Gasteiger partial charge in [0.25, 0.3) is 0 Å². The van der Waals surface area contributed by atoms with Gasteiger partial charge in [-0.1, -0.05) is 0 Å². The standard InChI is InChI=1S/C13H21NO3/c1-11(2,3)14(10(16)17)13-6-4-12(8-13,9-15)5-7-13/h9H,4-8H2,1-3H3,(H,16,17). The van der Waals surface area contributed by atoms with Crippen molar-refractivity contribution < 1.29 is 14.7 Å². The van der Waals surface area contributed by atoms with Crippen molar-refractivity contribution in [2.45, 2.75) is 64.0 Å². The smallest absolute Gasteiger partial charge is 0.408 e. The maximum Gasteiger partial charge on any atom is 0.408 e. The molecule has 0 atom stereocenters. The molecule has 2 aliphatic carbocycles. The first-order valence-corrected chi connectivity index (χ1v) is 6.24. The van der Waals surface area contributed by atoms with Crippen molar-refractivity contribution >= 4 is 12.4 Å². The summed E-state index contributed by atoms with van der Waals surface area (Å²) >= 11 is 0. The number of rotatable bonds is 2. The van der Waals surface area contributed by atoms with Crippen LogP contribution in [0.5, 0.6) is 0 Å². The molecule has 2 saturated carbocycles. The molecule has 0 radical (unpaired) electrons. The molecule has 2 rings (SSSR count). The summed E-state index contributed by atoms with van der Waals surface area (Å²) in [4.78, 5) is 24.3. The van der Waals surface area contributed by atoms with Crippen LogP contribution < -0.4 is 0 Å². The van der Waals surface area contributed by atoms with Gasteiger partial charge in [-0.3, -0.25) is 4.90 Å². The van der Waals surface area contributed by atoms with E-state index in [2.05, 4.69) is 0 Å². The summed E-state index contributed by atoms with van der Waals surface area (Å²) in [6.45, 7) is 5.78. The number of aldehydes is 1. The maximum atomic E-state index is 11.5. The molecule has 0 spiro atoms. The third-order valence-corrected chi connectivity index (χ3v) is 4.44. The molecule has 0 saturated heterocycles. The third kappa shape index (κ3) is 1.74. The fraction of sp³-hybridized carbons (Fsp3) is 0.846. The van der Waals surface area contributed by atoms with Crippen LogP contribution in [0.1, 0.15) is 52.9 Å². The Balaban J connectivity index is 2.34. The Morgan fingerprint density at radius 2 is 1.76 bits per heavy atom. The van der Waals surface area contributed by atoms with Gasteiger partial charge in [-0.2, -0.15) is 0 Å². The van der Waals surface area contributed by atoms with E-state index in [1.165, 1.54) is 0 Å². The molecule has 96 valence electrons. The number of nitrogens with zero attached hydrogens (tertiary/aromatic N) is 1. The van der Waals surface area contributed by atoms with Crippen molar-refractivity contribution in [2.24, 2.45) is 5.41 Å². The lowest BCUT2D eigenvalue weighted by Gasteiger charge is -2.46. The average Bonchev–Trinajstić information content (AvgIpc) is 2.71. The molecule has 2 aliphatic rings. The highest BCUT2D eigenvalue weighted by Gasteiger charge is 2.59. The zero-order chi connectivity index (χ0) is 12.9. The molecule has 0 unspecified atom stereocenters. The minimum absolute atomic E-state index is 0.237. The van der Waals surface area contributed by atoms with Crippen molar-refractivity contribution in [3.63, 3.8) is 0 Å². The molecule has 0 heterocycles. The van der Waals surface area contributed by atoms with Crippen LogP contribution in [0.4, 0.5) is 4.79 Å². The van der Waals surface area contributed by atoms with Crippen LogP contribution in [-0.4, -0.2) is 33.5 Å². The van der Waals surface area contributed by atoms with E-state index in [0.717, 1.165) is 32.0 Å². The Morgan fingerprint density at radius 3 is 2.06 bits per heavy atom. The molecule has 17 heavy (non-hydrogen) atoms. The highest BCUT2D eigenvalue weighted by Crippen LogP contribution is 2.59. The van der Waals surface area contributed by atoms with Crippen LogP contribution in [0.15, 0.2) is 0 Å². The summed E-state index contributed by atoms with van der Waals surface area (Å²) in [5, 5.41) is 9.48. The molecule has 1 N–H and O–H groups in total. The van der Waals surface area contributed by atoms with E-state index < -0.39 is 11.6 Å². The van der Waals surface area contributed by atoms with Gasteiger partial charge in [0.1, 0.15) is 6.29 Å². The molecule has 0 aromatic carbocycles. The van der Waals surface area contributed by atoms with Gasteiger partial charge in [0, 0.05) is 16.5 Å². The first kappa shape index (κ1) is 12.4. The van der Waals surface area contributed by atoms with Gasteiger partial charge >= 0.3 is 6.09 Å². The minimum atomic E-state index is -0.860. The molecule has 0 aliphatic heterocycles. The molecular formula is C13H21NO3. The third-order valence-electron chi connectivity index (χ3n) is 4.44. The Kier molecular flexibility index (Phi) is 2.53. The van der Waals surface area contributed by atoms with Gasteiger partial charge in [0.2, 0.25) is 0 Å². The lowest BCUT2D eigenvalue weighted by molar-refractivity contribution is -0.115. The van der Waals surface area contributed by atoms with Crippen LogP contribution in [-0.2, 0) is 4.79 Å². The molecule has 0 aromatic rings. The normalized spacial score (nSPS) is 35.9. The lowest BCUT2D eigenvalue weighted by atomic mass is 9.84. The second-order valence-corrected chi connectivity index (χ2v) is 6.67. The van der Waals surface area contributed by atoms with Gasteiger partial charge in [0.15, 0.2) is 0 Å². The molecular weight excluding hydrogens is 218 g/mol. The summed E-state index contributed by atoms with van der Waals surface area (Å²) in [7, 11) is 0. The number of carboxylic acid groups (broad SMARTS) is 1. The number of carbonyl (C=O) groups excluding carboxylic acids is 1. The van der Waals surface area contributed by atoms with E-state index in [9.17, 15) is 14.7 Å².